The van der Waals surface area contributed by atoms with Crippen molar-refractivity contribution in [3.63, 3.8) is 0 Å². The molecular weight excluding hydrogens is 332 g/mol. The molecule has 2 aliphatic rings. The van der Waals surface area contributed by atoms with Gasteiger partial charge in [-0.3, -0.25) is 4.99 Å². The molecule has 3 rings (SSSR count). The van der Waals surface area contributed by atoms with Gasteiger partial charge < -0.3 is 15.4 Å². The van der Waals surface area contributed by atoms with Crippen molar-refractivity contribution in [2.75, 3.05) is 19.3 Å². The highest BCUT2D eigenvalue weighted by Crippen LogP contribution is 2.36. The molecule has 1 unspecified atom stereocenters. The number of hydrogen-bond acceptors (Lipinski definition) is 4. The molecule has 6 heteroatoms. The first-order valence-corrected chi connectivity index (χ1v) is 10.4. The lowest BCUT2D eigenvalue weighted by molar-refractivity contribution is 0.199. The first-order valence-electron chi connectivity index (χ1n) is 9.37. The minimum absolute atomic E-state index is 0.322. The molecule has 1 aliphatic heterocycles. The summed E-state index contributed by atoms with van der Waals surface area (Å²) in [6, 6.07) is 4.04. The van der Waals surface area contributed by atoms with Crippen LogP contribution >= 0.6 is 11.8 Å². The molecule has 1 aliphatic carbocycles. The van der Waals surface area contributed by atoms with E-state index in [2.05, 4.69) is 45.4 Å². The monoisotopic (exact) mass is 362 g/mol. The van der Waals surface area contributed by atoms with Gasteiger partial charge in [-0.05, 0) is 57.3 Å². The largest absolute Gasteiger partial charge is 0.474 e. The van der Waals surface area contributed by atoms with Crippen LogP contribution < -0.4 is 15.4 Å². The van der Waals surface area contributed by atoms with Gasteiger partial charge in [0, 0.05) is 36.6 Å². The van der Waals surface area contributed by atoms with Crippen molar-refractivity contribution in [3.8, 4) is 5.88 Å². The van der Waals surface area contributed by atoms with Crippen LogP contribution in [-0.4, -0.2) is 41.1 Å². The number of pyridine rings is 1. The van der Waals surface area contributed by atoms with E-state index < -0.39 is 0 Å². The fourth-order valence-electron chi connectivity index (χ4n) is 3.48. The number of nitrogens with zero attached hydrogens (tertiary/aromatic N) is 2. The summed E-state index contributed by atoms with van der Waals surface area (Å²) in [6.45, 7) is 3.94. The lowest BCUT2D eigenvalue weighted by Gasteiger charge is -2.24. The second-order valence-corrected chi connectivity index (χ2v) is 8.86. The molecule has 2 fully saturated rings. The van der Waals surface area contributed by atoms with Gasteiger partial charge in [-0.2, -0.15) is 11.8 Å². The van der Waals surface area contributed by atoms with Crippen LogP contribution in [0.15, 0.2) is 23.3 Å². The van der Waals surface area contributed by atoms with E-state index in [0.717, 1.165) is 36.8 Å². The summed E-state index contributed by atoms with van der Waals surface area (Å²) in [4.78, 5) is 8.79. The van der Waals surface area contributed by atoms with E-state index in [9.17, 15) is 0 Å². The predicted molar refractivity (Wildman–Crippen MR) is 105 cm³/mol. The van der Waals surface area contributed by atoms with Gasteiger partial charge in [0.05, 0.1) is 0 Å². The third kappa shape index (κ3) is 5.27. The molecule has 0 aromatic carbocycles. The van der Waals surface area contributed by atoms with E-state index in [1.165, 1.54) is 31.4 Å². The average molecular weight is 363 g/mol. The maximum atomic E-state index is 6.11. The second-order valence-electron chi connectivity index (χ2n) is 7.17. The summed E-state index contributed by atoms with van der Waals surface area (Å²) in [7, 11) is 1.82. The quantitative estimate of drug-likeness (QED) is 0.600. The van der Waals surface area contributed by atoms with Crippen molar-refractivity contribution in [1.29, 1.82) is 0 Å². The van der Waals surface area contributed by atoms with E-state index in [4.69, 9.17) is 4.74 Å². The number of aromatic nitrogens is 1. The molecule has 2 heterocycles. The van der Waals surface area contributed by atoms with E-state index >= 15 is 0 Å². The molecular formula is C19H30N4OS. The van der Waals surface area contributed by atoms with E-state index in [1.54, 1.807) is 6.20 Å². The third-order valence-corrected chi connectivity index (χ3v) is 6.57. The average Bonchev–Trinajstić information content (AvgIpc) is 3.28. The van der Waals surface area contributed by atoms with E-state index in [0.29, 0.717) is 17.4 Å². The Morgan fingerprint density at radius 3 is 2.92 bits per heavy atom. The van der Waals surface area contributed by atoms with Crippen LogP contribution in [-0.2, 0) is 6.54 Å². The molecule has 0 bridgehead atoms. The Morgan fingerprint density at radius 2 is 2.20 bits per heavy atom. The van der Waals surface area contributed by atoms with Crippen molar-refractivity contribution in [2.24, 2.45) is 4.99 Å². The third-order valence-electron chi connectivity index (χ3n) is 5.03. The number of thioether (sulfide) groups is 1. The molecule has 0 amide bonds. The van der Waals surface area contributed by atoms with Crippen LogP contribution in [0.3, 0.4) is 0 Å². The molecule has 2 N–H and O–H groups in total. The summed E-state index contributed by atoms with van der Waals surface area (Å²) in [5, 5.41) is 6.87. The number of rotatable bonds is 6. The molecule has 1 saturated heterocycles. The van der Waals surface area contributed by atoms with Gasteiger partial charge in [0.1, 0.15) is 6.10 Å². The first-order chi connectivity index (χ1) is 12.2. The van der Waals surface area contributed by atoms with Crippen molar-refractivity contribution in [3.05, 3.63) is 23.9 Å². The Labute approximate surface area is 155 Å². The zero-order chi connectivity index (χ0) is 17.5. The first kappa shape index (κ1) is 18.4. The van der Waals surface area contributed by atoms with Gasteiger partial charge in [0.2, 0.25) is 5.88 Å². The number of nitrogens with one attached hydrogen (secondary N) is 2. The van der Waals surface area contributed by atoms with Crippen LogP contribution in [0.2, 0.25) is 0 Å². The van der Waals surface area contributed by atoms with Gasteiger partial charge in [-0.1, -0.05) is 6.07 Å². The Hall–Kier alpha value is -1.43. The molecule has 1 aromatic heterocycles. The Kier molecular flexibility index (Phi) is 6.45. The summed E-state index contributed by atoms with van der Waals surface area (Å²) >= 11 is 2.06. The van der Waals surface area contributed by atoms with Gasteiger partial charge in [0.25, 0.3) is 0 Å². The zero-order valence-corrected chi connectivity index (χ0v) is 16.2. The number of guanidine groups is 1. The van der Waals surface area contributed by atoms with Crippen LogP contribution in [0.25, 0.3) is 0 Å². The van der Waals surface area contributed by atoms with Gasteiger partial charge >= 0.3 is 0 Å². The minimum atomic E-state index is 0.322. The zero-order valence-electron chi connectivity index (χ0n) is 15.4. The highest BCUT2D eigenvalue weighted by molar-refractivity contribution is 8.00. The fourth-order valence-corrected chi connectivity index (χ4v) is 4.72. The van der Waals surface area contributed by atoms with Crippen LogP contribution in [0.5, 0.6) is 5.88 Å². The van der Waals surface area contributed by atoms with Gasteiger partial charge in [0.15, 0.2) is 5.96 Å². The SMILES string of the molecule is CN=C(NCc1cccnc1OC1CCCC1)NCC1(C)CCCS1. The maximum Gasteiger partial charge on any atom is 0.218 e. The van der Waals surface area contributed by atoms with Crippen LogP contribution in [0.4, 0.5) is 0 Å². The Bertz CT molecular complexity index is 581. The summed E-state index contributed by atoms with van der Waals surface area (Å²) in [6.07, 6.45) is 9.52. The van der Waals surface area contributed by atoms with Gasteiger partial charge in [-0.25, -0.2) is 4.98 Å². The molecule has 25 heavy (non-hydrogen) atoms. The summed E-state index contributed by atoms with van der Waals surface area (Å²) < 4.78 is 6.44. The van der Waals surface area contributed by atoms with E-state index in [-0.39, 0.29) is 0 Å². The van der Waals surface area contributed by atoms with Crippen molar-refractivity contribution in [1.82, 2.24) is 15.6 Å². The van der Waals surface area contributed by atoms with E-state index in [1.807, 2.05) is 13.1 Å². The minimum Gasteiger partial charge on any atom is -0.474 e. The summed E-state index contributed by atoms with van der Waals surface area (Å²) in [5.74, 6) is 2.86. The fraction of sp³-hybridized carbons (Fsp3) is 0.684. The normalized spacial score (nSPS) is 24.5. The lowest BCUT2D eigenvalue weighted by Crippen LogP contribution is -2.43. The molecule has 5 nitrogen and oxygen atoms in total. The standard InChI is InChI=1S/C19H30N4OS/c1-19(10-6-12-25-19)14-23-18(20-2)22-13-15-7-5-11-21-17(15)24-16-8-3-4-9-16/h5,7,11,16H,3-4,6,8-10,12-14H2,1-2H3,(H2,20,22,23). The molecule has 1 aromatic rings. The molecule has 0 spiro atoms. The summed E-state index contributed by atoms with van der Waals surface area (Å²) in [5.41, 5.74) is 1.08. The van der Waals surface area contributed by atoms with Crippen molar-refractivity contribution in [2.45, 2.75) is 62.8 Å². The van der Waals surface area contributed by atoms with Gasteiger partial charge in [-0.15, -0.1) is 0 Å². The lowest BCUT2D eigenvalue weighted by atomic mass is 10.1. The Morgan fingerprint density at radius 1 is 1.36 bits per heavy atom. The highest BCUT2D eigenvalue weighted by atomic mass is 32.2. The second kappa shape index (κ2) is 8.79. The Balaban J connectivity index is 1.52. The molecule has 138 valence electrons. The number of ether oxygens (including phenoxy) is 1. The van der Waals surface area contributed by atoms with Crippen molar-refractivity contribution >= 4 is 17.7 Å². The number of hydrogen-bond donors (Lipinski definition) is 2. The smallest absolute Gasteiger partial charge is 0.218 e. The number of aliphatic imine (C=N–C) groups is 1. The molecule has 1 atom stereocenters. The highest BCUT2D eigenvalue weighted by Gasteiger charge is 2.29. The van der Waals surface area contributed by atoms with Crippen molar-refractivity contribution < 1.29 is 4.74 Å². The predicted octanol–water partition coefficient (Wildman–Crippen LogP) is 3.35. The topological polar surface area (TPSA) is 58.5 Å². The maximum absolute atomic E-state index is 6.11. The van der Waals surface area contributed by atoms with Crippen LogP contribution in [0, 0.1) is 0 Å². The van der Waals surface area contributed by atoms with Crippen LogP contribution in [0.1, 0.15) is 51.0 Å². The molecule has 1 saturated carbocycles. The molecule has 0 radical (unpaired) electrons.